The summed E-state index contributed by atoms with van der Waals surface area (Å²) in [6, 6.07) is -0.604. The minimum absolute atomic E-state index is 0.604. The van der Waals surface area contributed by atoms with Gasteiger partial charge in [0.05, 0.1) is 5.71 Å². The van der Waals surface area contributed by atoms with E-state index in [4.69, 9.17) is 5.73 Å². The van der Waals surface area contributed by atoms with Gasteiger partial charge >= 0.3 is 6.03 Å². The summed E-state index contributed by atoms with van der Waals surface area (Å²) in [6.07, 6.45) is 7.67. The second-order valence-electron chi connectivity index (χ2n) is 3.36. The molecule has 4 nitrogen and oxygen atoms in total. The first-order valence-electron chi connectivity index (χ1n) is 5.05. The third-order valence-corrected chi connectivity index (χ3v) is 2.30. The number of carbonyl (C=O) groups excluding carboxylic acids is 1. The van der Waals surface area contributed by atoms with Crippen molar-refractivity contribution >= 4 is 11.7 Å². The Balaban J connectivity index is 2.64. The highest BCUT2D eigenvalue weighted by Crippen LogP contribution is 2.19. The second kappa shape index (κ2) is 5.42. The quantitative estimate of drug-likeness (QED) is 0.524. The highest BCUT2D eigenvalue weighted by molar-refractivity contribution is 6.00. The number of nitrogens with zero attached hydrogens (tertiary/aromatic N) is 1. The summed E-state index contributed by atoms with van der Waals surface area (Å²) in [5.74, 6) is 0. The normalized spacial score (nSPS) is 17.5. The summed E-state index contributed by atoms with van der Waals surface area (Å²) in [6.45, 7) is 2.02. The van der Waals surface area contributed by atoms with Crippen LogP contribution in [0.2, 0.25) is 0 Å². The number of nitrogens with two attached hydrogens (primary N) is 1. The standard InChI is InChI=1S/C10H17N3O/c1-2-9(12-13-10(11)14)8-6-4-3-5-7-8/h6H,2-5,7H2,1H3,(H3,11,13,14)/b12-9-. The maximum atomic E-state index is 10.5. The van der Waals surface area contributed by atoms with Gasteiger partial charge in [-0.25, -0.2) is 10.2 Å². The number of hydrogen-bond donors (Lipinski definition) is 2. The molecule has 0 bridgehead atoms. The van der Waals surface area contributed by atoms with Crippen LogP contribution in [-0.2, 0) is 0 Å². The average Bonchev–Trinajstić information content (AvgIpc) is 2.20. The van der Waals surface area contributed by atoms with Crippen LogP contribution in [0, 0.1) is 0 Å². The number of primary amides is 1. The Kier molecular flexibility index (Phi) is 4.16. The molecule has 0 saturated heterocycles. The molecule has 0 aliphatic heterocycles. The first-order valence-corrected chi connectivity index (χ1v) is 5.05. The first-order chi connectivity index (χ1) is 6.74. The van der Waals surface area contributed by atoms with Crippen molar-refractivity contribution < 1.29 is 4.79 Å². The minimum atomic E-state index is -0.604. The number of rotatable bonds is 3. The molecule has 1 rings (SSSR count). The summed E-state index contributed by atoms with van der Waals surface area (Å²) in [5, 5.41) is 3.99. The van der Waals surface area contributed by atoms with Gasteiger partial charge in [-0.2, -0.15) is 5.10 Å². The predicted molar refractivity (Wildman–Crippen MR) is 57.0 cm³/mol. The molecule has 1 aliphatic rings. The summed E-state index contributed by atoms with van der Waals surface area (Å²) < 4.78 is 0. The SMILES string of the molecule is CC/C(=N/NC(N)=O)C1=CCCCC1. The van der Waals surface area contributed by atoms with Crippen molar-refractivity contribution in [3.8, 4) is 0 Å². The number of allylic oxidation sites excluding steroid dienone is 2. The van der Waals surface area contributed by atoms with E-state index in [1.165, 1.54) is 18.4 Å². The molecule has 0 radical (unpaired) electrons. The fraction of sp³-hybridized carbons (Fsp3) is 0.600. The number of urea groups is 1. The van der Waals surface area contributed by atoms with Gasteiger partial charge in [0.2, 0.25) is 0 Å². The monoisotopic (exact) mass is 195 g/mol. The first kappa shape index (κ1) is 10.8. The van der Waals surface area contributed by atoms with E-state index in [1.54, 1.807) is 0 Å². The van der Waals surface area contributed by atoms with Gasteiger partial charge in [0.1, 0.15) is 0 Å². The lowest BCUT2D eigenvalue weighted by Gasteiger charge is -2.13. The Hall–Kier alpha value is -1.32. The lowest BCUT2D eigenvalue weighted by Crippen LogP contribution is -2.26. The van der Waals surface area contributed by atoms with Crippen molar-refractivity contribution in [2.45, 2.75) is 39.0 Å². The van der Waals surface area contributed by atoms with Crippen molar-refractivity contribution in [2.75, 3.05) is 0 Å². The fourth-order valence-electron chi connectivity index (χ4n) is 1.60. The van der Waals surface area contributed by atoms with E-state index in [0.717, 1.165) is 25.0 Å². The molecular weight excluding hydrogens is 178 g/mol. The maximum absolute atomic E-state index is 10.5. The van der Waals surface area contributed by atoms with Gasteiger partial charge in [0.25, 0.3) is 0 Å². The van der Waals surface area contributed by atoms with Crippen molar-refractivity contribution in [3.05, 3.63) is 11.6 Å². The second-order valence-corrected chi connectivity index (χ2v) is 3.36. The molecule has 0 aromatic carbocycles. The molecule has 3 N–H and O–H groups in total. The van der Waals surface area contributed by atoms with Crippen LogP contribution in [0.4, 0.5) is 4.79 Å². The summed E-state index contributed by atoms with van der Waals surface area (Å²) in [7, 11) is 0. The van der Waals surface area contributed by atoms with Crippen molar-refractivity contribution in [3.63, 3.8) is 0 Å². The Morgan fingerprint density at radius 1 is 1.64 bits per heavy atom. The Morgan fingerprint density at radius 3 is 2.93 bits per heavy atom. The molecule has 0 aromatic heterocycles. The molecule has 0 unspecified atom stereocenters. The zero-order chi connectivity index (χ0) is 10.4. The van der Waals surface area contributed by atoms with Gasteiger partial charge in [0.15, 0.2) is 0 Å². The van der Waals surface area contributed by atoms with Crippen molar-refractivity contribution in [2.24, 2.45) is 10.8 Å². The zero-order valence-electron chi connectivity index (χ0n) is 8.55. The number of hydrazone groups is 1. The molecule has 0 heterocycles. The fourth-order valence-corrected chi connectivity index (χ4v) is 1.60. The average molecular weight is 195 g/mol. The van der Waals surface area contributed by atoms with E-state index in [-0.39, 0.29) is 0 Å². The van der Waals surface area contributed by atoms with Crippen LogP contribution >= 0.6 is 0 Å². The minimum Gasteiger partial charge on any atom is -0.350 e. The molecular formula is C10H17N3O. The highest BCUT2D eigenvalue weighted by atomic mass is 16.2. The van der Waals surface area contributed by atoms with E-state index in [2.05, 4.69) is 16.6 Å². The summed E-state index contributed by atoms with van der Waals surface area (Å²) in [5.41, 5.74) is 9.43. The number of amides is 2. The Labute approximate surface area is 84.2 Å². The third kappa shape index (κ3) is 3.20. The molecule has 14 heavy (non-hydrogen) atoms. The van der Waals surface area contributed by atoms with Crippen LogP contribution in [-0.4, -0.2) is 11.7 Å². The molecule has 0 spiro atoms. The van der Waals surface area contributed by atoms with Crippen LogP contribution in [0.15, 0.2) is 16.8 Å². The van der Waals surface area contributed by atoms with Crippen LogP contribution in [0.1, 0.15) is 39.0 Å². The van der Waals surface area contributed by atoms with Crippen LogP contribution in [0.3, 0.4) is 0 Å². The van der Waals surface area contributed by atoms with Gasteiger partial charge < -0.3 is 5.73 Å². The van der Waals surface area contributed by atoms with Crippen molar-refractivity contribution in [1.29, 1.82) is 0 Å². The number of carbonyl (C=O) groups is 1. The molecule has 78 valence electrons. The van der Waals surface area contributed by atoms with Gasteiger partial charge in [-0.15, -0.1) is 0 Å². The maximum Gasteiger partial charge on any atom is 0.332 e. The van der Waals surface area contributed by atoms with Gasteiger partial charge in [-0.05, 0) is 37.7 Å². The van der Waals surface area contributed by atoms with Crippen LogP contribution in [0.5, 0.6) is 0 Å². The zero-order valence-corrected chi connectivity index (χ0v) is 8.55. The van der Waals surface area contributed by atoms with E-state index < -0.39 is 6.03 Å². The van der Waals surface area contributed by atoms with Gasteiger partial charge in [-0.3, -0.25) is 0 Å². The van der Waals surface area contributed by atoms with Crippen molar-refractivity contribution in [1.82, 2.24) is 5.43 Å². The molecule has 2 amide bonds. The molecule has 0 fully saturated rings. The Morgan fingerprint density at radius 2 is 2.43 bits per heavy atom. The number of hydrogen-bond acceptors (Lipinski definition) is 2. The Bertz CT molecular complexity index is 269. The van der Waals surface area contributed by atoms with Gasteiger partial charge in [-0.1, -0.05) is 13.0 Å². The molecule has 1 aliphatic carbocycles. The van der Waals surface area contributed by atoms with E-state index >= 15 is 0 Å². The van der Waals surface area contributed by atoms with E-state index in [9.17, 15) is 4.79 Å². The van der Waals surface area contributed by atoms with Crippen LogP contribution in [0.25, 0.3) is 0 Å². The highest BCUT2D eigenvalue weighted by Gasteiger charge is 2.08. The van der Waals surface area contributed by atoms with Gasteiger partial charge in [0, 0.05) is 0 Å². The lowest BCUT2D eigenvalue weighted by molar-refractivity contribution is 0.249. The third-order valence-electron chi connectivity index (χ3n) is 2.30. The molecule has 0 atom stereocenters. The van der Waals surface area contributed by atoms with Crippen LogP contribution < -0.4 is 11.2 Å². The topological polar surface area (TPSA) is 67.5 Å². The smallest absolute Gasteiger partial charge is 0.332 e. The summed E-state index contributed by atoms with van der Waals surface area (Å²) in [4.78, 5) is 10.5. The van der Waals surface area contributed by atoms with E-state index in [0.29, 0.717) is 0 Å². The number of nitrogens with one attached hydrogen (secondary N) is 1. The molecule has 4 heteroatoms. The molecule has 0 aromatic rings. The lowest BCUT2D eigenvalue weighted by atomic mass is 9.95. The summed E-state index contributed by atoms with van der Waals surface area (Å²) >= 11 is 0. The predicted octanol–water partition coefficient (Wildman–Crippen LogP) is 1.92. The molecule has 0 saturated carbocycles. The largest absolute Gasteiger partial charge is 0.350 e. The van der Waals surface area contributed by atoms with E-state index in [1.807, 2.05) is 6.92 Å².